The Labute approximate surface area is 289 Å². The molecule has 1 N–H and O–H groups in total. The van der Waals surface area contributed by atoms with Gasteiger partial charge in [-0.15, -0.1) is 0 Å². The Balaban J connectivity index is 1.73. The van der Waals surface area contributed by atoms with E-state index in [4.69, 9.17) is 9.73 Å². The third-order valence-electron chi connectivity index (χ3n) is 8.95. The quantitative estimate of drug-likeness (QED) is 0.166. The molecule has 256 valence electrons. The van der Waals surface area contributed by atoms with E-state index in [0.717, 1.165) is 47.9 Å². The predicted octanol–water partition coefficient (Wildman–Crippen LogP) is 9.19. The van der Waals surface area contributed by atoms with Gasteiger partial charge in [-0.1, -0.05) is 12.1 Å². The van der Waals surface area contributed by atoms with Gasteiger partial charge in [-0.25, -0.2) is 4.99 Å². The number of carbonyl (C=O) groups is 1. The first-order valence-electron chi connectivity index (χ1n) is 17.5. The number of benzene rings is 3. The highest BCUT2D eigenvalue weighted by Crippen LogP contribution is 2.30. The molecule has 0 amide bonds. The summed E-state index contributed by atoms with van der Waals surface area (Å²) in [5.74, 6) is 0.120. The van der Waals surface area contributed by atoms with Crippen LogP contribution in [0.5, 0.6) is 0 Å². The van der Waals surface area contributed by atoms with Crippen LogP contribution in [-0.4, -0.2) is 56.4 Å². The lowest BCUT2D eigenvalue weighted by Crippen LogP contribution is -2.30. The highest BCUT2D eigenvalue weighted by molar-refractivity contribution is 6.25. The molecule has 0 saturated heterocycles. The molecule has 7 nitrogen and oxygen atoms in total. The molecule has 0 aliphatic heterocycles. The fourth-order valence-electron chi connectivity index (χ4n) is 6.51. The van der Waals surface area contributed by atoms with Crippen LogP contribution in [0.2, 0.25) is 0 Å². The van der Waals surface area contributed by atoms with Gasteiger partial charge in [-0.3, -0.25) is 4.79 Å². The van der Waals surface area contributed by atoms with Crippen molar-refractivity contribution in [3.63, 3.8) is 0 Å². The monoisotopic (exact) mass is 649 g/mol. The average Bonchev–Trinajstić information content (AvgIpc) is 3.06. The van der Waals surface area contributed by atoms with Crippen molar-refractivity contribution in [3.8, 4) is 0 Å². The second-order valence-electron chi connectivity index (χ2n) is 13.1. The zero-order valence-electron chi connectivity index (χ0n) is 30.7. The molecule has 0 fully saturated rings. The third kappa shape index (κ3) is 8.49. The first-order chi connectivity index (χ1) is 23.0. The van der Waals surface area contributed by atoms with Crippen molar-refractivity contribution in [2.75, 3.05) is 46.8 Å². The largest absolute Gasteiger partial charge is 0.491 e. The molecule has 0 atom stereocenters. The maximum Gasteiger partial charge on any atom is 0.226 e. The number of Topliss-reactive ketones (excluding diaryl/α,β-unsaturated/α-hetero) is 1. The van der Waals surface area contributed by atoms with Gasteiger partial charge in [0.2, 0.25) is 5.78 Å². The minimum atomic E-state index is -0.139. The standard InChI is InChI=1S/C41H55N5O2/c1-11-44(28(4)5)35-20-14-31(15-21-35)26-32-27-38(42-33-16-22-36(23-17-33)45(12-2)29(6)7)39(41(48-10)40(32)47)43-34-18-24-37(25-19-34)46(13-3)30(8)9/h14-25,27-30,43H,11-13,26H2,1-10H3. The maximum absolute atomic E-state index is 14.0. The lowest BCUT2D eigenvalue weighted by molar-refractivity contribution is -0.115. The molecule has 1 aliphatic carbocycles. The van der Waals surface area contributed by atoms with Gasteiger partial charge in [-0.05, 0) is 135 Å². The molecule has 0 unspecified atom stereocenters. The summed E-state index contributed by atoms with van der Waals surface area (Å²) in [4.78, 5) is 26.1. The highest BCUT2D eigenvalue weighted by atomic mass is 16.5. The van der Waals surface area contributed by atoms with Gasteiger partial charge in [-0.2, -0.15) is 0 Å². The first-order valence-corrected chi connectivity index (χ1v) is 17.5. The van der Waals surface area contributed by atoms with Crippen molar-refractivity contribution in [1.29, 1.82) is 0 Å². The van der Waals surface area contributed by atoms with Gasteiger partial charge in [0, 0.05) is 72.5 Å². The SMILES string of the molecule is CCN(c1ccc(CC2=CC(=Nc3ccc(N(CC)C(C)C)cc3)C(Nc3ccc(N(CC)C(C)C)cc3)=C(OC)C2=O)cc1)C(C)C. The Morgan fingerprint density at radius 3 is 1.52 bits per heavy atom. The minimum Gasteiger partial charge on any atom is -0.491 e. The third-order valence-corrected chi connectivity index (χ3v) is 8.95. The van der Waals surface area contributed by atoms with E-state index in [2.05, 4.69) is 131 Å². The van der Waals surface area contributed by atoms with E-state index in [0.29, 0.717) is 41.5 Å². The molecular weight excluding hydrogens is 594 g/mol. The number of nitrogens with one attached hydrogen (secondary N) is 1. The average molecular weight is 650 g/mol. The van der Waals surface area contributed by atoms with Gasteiger partial charge >= 0.3 is 0 Å². The number of ketones is 1. The number of ether oxygens (including phenoxy) is 1. The molecule has 0 spiro atoms. The van der Waals surface area contributed by atoms with E-state index in [1.807, 2.05) is 30.3 Å². The van der Waals surface area contributed by atoms with Gasteiger partial charge in [0.1, 0.15) is 5.70 Å². The summed E-state index contributed by atoms with van der Waals surface area (Å²) in [6.07, 6.45) is 2.39. The lowest BCUT2D eigenvalue weighted by Gasteiger charge is -2.28. The van der Waals surface area contributed by atoms with E-state index < -0.39 is 0 Å². The maximum atomic E-state index is 14.0. The number of aliphatic imine (C=N–C) groups is 1. The molecule has 1 aliphatic rings. The van der Waals surface area contributed by atoms with E-state index in [1.54, 1.807) is 7.11 Å². The fraction of sp³-hybridized carbons (Fsp3) is 0.415. The summed E-state index contributed by atoms with van der Waals surface area (Å²) in [7, 11) is 1.56. The van der Waals surface area contributed by atoms with E-state index in [-0.39, 0.29) is 11.5 Å². The van der Waals surface area contributed by atoms with Gasteiger partial charge < -0.3 is 24.8 Å². The number of rotatable bonds is 15. The van der Waals surface area contributed by atoms with Crippen molar-refractivity contribution in [3.05, 3.63) is 101 Å². The molecule has 3 aromatic rings. The van der Waals surface area contributed by atoms with Gasteiger partial charge in [0.15, 0.2) is 5.76 Å². The lowest BCUT2D eigenvalue weighted by atomic mass is 9.92. The topological polar surface area (TPSA) is 60.4 Å². The smallest absolute Gasteiger partial charge is 0.226 e. The second kappa shape index (κ2) is 16.5. The van der Waals surface area contributed by atoms with Crippen molar-refractivity contribution < 1.29 is 9.53 Å². The van der Waals surface area contributed by atoms with Crippen LogP contribution in [0, 0.1) is 0 Å². The zero-order valence-corrected chi connectivity index (χ0v) is 30.7. The molecule has 48 heavy (non-hydrogen) atoms. The van der Waals surface area contributed by atoms with Gasteiger partial charge in [0.05, 0.1) is 18.5 Å². The molecule has 0 radical (unpaired) electrons. The number of allylic oxidation sites excluding steroid dienone is 2. The van der Waals surface area contributed by atoms with Crippen LogP contribution in [0.4, 0.5) is 28.4 Å². The summed E-state index contributed by atoms with van der Waals surface area (Å²) < 4.78 is 5.84. The van der Waals surface area contributed by atoms with Crippen molar-refractivity contribution in [2.45, 2.75) is 86.9 Å². The van der Waals surface area contributed by atoms with E-state index >= 15 is 0 Å². The molecule has 0 bridgehead atoms. The highest BCUT2D eigenvalue weighted by Gasteiger charge is 2.29. The molecular formula is C41H55N5O2. The van der Waals surface area contributed by atoms with Crippen molar-refractivity contribution >= 4 is 39.9 Å². The number of hydrogen-bond donors (Lipinski definition) is 1. The normalized spacial score (nSPS) is 14.2. The summed E-state index contributed by atoms with van der Waals surface area (Å²) in [6.45, 7) is 22.5. The Morgan fingerprint density at radius 1 is 0.667 bits per heavy atom. The number of nitrogens with zero attached hydrogens (tertiary/aromatic N) is 4. The first kappa shape index (κ1) is 36.3. The predicted molar refractivity (Wildman–Crippen MR) is 205 cm³/mol. The van der Waals surface area contributed by atoms with E-state index in [9.17, 15) is 4.79 Å². The van der Waals surface area contributed by atoms with Crippen LogP contribution in [0.1, 0.15) is 67.9 Å². The van der Waals surface area contributed by atoms with Crippen molar-refractivity contribution in [1.82, 2.24) is 0 Å². The van der Waals surface area contributed by atoms with E-state index in [1.165, 1.54) is 5.69 Å². The molecule has 0 aromatic heterocycles. The van der Waals surface area contributed by atoms with Crippen LogP contribution in [0.25, 0.3) is 0 Å². The summed E-state index contributed by atoms with van der Waals surface area (Å²) in [5.41, 5.74) is 8.05. The van der Waals surface area contributed by atoms with Crippen LogP contribution in [0.3, 0.4) is 0 Å². The molecule has 7 heteroatoms. The van der Waals surface area contributed by atoms with Crippen LogP contribution >= 0.6 is 0 Å². The van der Waals surface area contributed by atoms with Crippen LogP contribution < -0.4 is 20.0 Å². The molecule has 3 aromatic carbocycles. The summed E-state index contributed by atoms with van der Waals surface area (Å²) in [5, 5.41) is 3.50. The van der Waals surface area contributed by atoms with Crippen LogP contribution in [0.15, 0.2) is 101 Å². The number of anilines is 4. The summed E-state index contributed by atoms with van der Waals surface area (Å²) in [6, 6.07) is 26.3. The Hall–Kier alpha value is -4.52. The molecule has 4 rings (SSSR count). The number of hydrogen-bond acceptors (Lipinski definition) is 7. The van der Waals surface area contributed by atoms with Crippen molar-refractivity contribution in [2.24, 2.45) is 4.99 Å². The minimum absolute atomic E-state index is 0.139. The summed E-state index contributed by atoms with van der Waals surface area (Å²) >= 11 is 0. The molecule has 0 saturated carbocycles. The molecule has 0 heterocycles. The van der Waals surface area contributed by atoms with Crippen LogP contribution in [-0.2, 0) is 16.0 Å². The Morgan fingerprint density at radius 2 is 1.10 bits per heavy atom. The Kier molecular flexibility index (Phi) is 12.5. The Bertz CT molecular complexity index is 1600. The number of methoxy groups -OCH3 is 1. The fourth-order valence-corrected chi connectivity index (χ4v) is 6.51. The van der Waals surface area contributed by atoms with Gasteiger partial charge in [0.25, 0.3) is 0 Å². The second-order valence-corrected chi connectivity index (χ2v) is 13.1. The zero-order chi connectivity index (χ0) is 35.0. The number of carbonyl (C=O) groups excluding carboxylic acids is 1.